The highest BCUT2D eigenvalue weighted by Crippen LogP contribution is 2.35. The number of carbonyl (C=O) groups is 1. The quantitative estimate of drug-likeness (QED) is 0.827. The molecule has 1 amide bonds. The smallest absolute Gasteiger partial charge is 0.238 e. The lowest BCUT2D eigenvalue weighted by molar-refractivity contribution is -0.118. The Balaban J connectivity index is 1.64. The Hall–Kier alpha value is -2.13. The van der Waals surface area contributed by atoms with Crippen LogP contribution in [0.15, 0.2) is 54.6 Å². The maximum Gasteiger partial charge on any atom is 0.238 e. The van der Waals surface area contributed by atoms with Crippen LogP contribution >= 0.6 is 0 Å². The predicted molar refractivity (Wildman–Crippen MR) is 98.8 cm³/mol. The molecular formula is C21H26N2O. The highest BCUT2D eigenvalue weighted by Gasteiger charge is 2.32. The van der Waals surface area contributed by atoms with Crippen molar-refractivity contribution in [3.63, 3.8) is 0 Å². The van der Waals surface area contributed by atoms with Crippen LogP contribution in [0.3, 0.4) is 0 Å². The van der Waals surface area contributed by atoms with E-state index in [4.69, 9.17) is 0 Å². The van der Waals surface area contributed by atoms with Crippen LogP contribution in [0.2, 0.25) is 0 Å². The fourth-order valence-corrected chi connectivity index (χ4v) is 3.06. The molecule has 0 bridgehead atoms. The van der Waals surface area contributed by atoms with E-state index >= 15 is 0 Å². The first kappa shape index (κ1) is 16.7. The van der Waals surface area contributed by atoms with Crippen molar-refractivity contribution < 1.29 is 4.79 Å². The Morgan fingerprint density at radius 3 is 2.42 bits per heavy atom. The lowest BCUT2D eigenvalue weighted by Gasteiger charge is -2.28. The summed E-state index contributed by atoms with van der Waals surface area (Å²) in [7, 11) is 0. The molecule has 126 valence electrons. The molecule has 2 aromatic rings. The number of hydrogen-bond acceptors (Lipinski definition) is 2. The van der Waals surface area contributed by atoms with Crippen LogP contribution in [0, 0.1) is 12.8 Å². The zero-order chi connectivity index (χ0) is 16.9. The number of nitrogens with one attached hydrogen (secondary N) is 1. The lowest BCUT2D eigenvalue weighted by atomic mass is 10.1. The third kappa shape index (κ3) is 4.68. The number of rotatable bonds is 7. The van der Waals surface area contributed by atoms with Gasteiger partial charge >= 0.3 is 0 Å². The van der Waals surface area contributed by atoms with Crippen molar-refractivity contribution in [2.45, 2.75) is 39.3 Å². The minimum absolute atomic E-state index is 0.0577. The molecule has 0 aliphatic heterocycles. The van der Waals surface area contributed by atoms with Gasteiger partial charge in [0.25, 0.3) is 0 Å². The molecule has 0 radical (unpaired) electrons. The minimum atomic E-state index is 0.0577. The van der Waals surface area contributed by atoms with Gasteiger partial charge in [0.1, 0.15) is 0 Å². The van der Waals surface area contributed by atoms with E-state index in [1.54, 1.807) is 0 Å². The number of anilines is 1. The first-order chi connectivity index (χ1) is 11.6. The van der Waals surface area contributed by atoms with Gasteiger partial charge in [-0.2, -0.15) is 0 Å². The van der Waals surface area contributed by atoms with Crippen LogP contribution in [0.5, 0.6) is 0 Å². The highest BCUT2D eigenvalue weighted by atomic mass is 16.2. The molecule has 0 aromatic heterocycles. The average Bonchev–Trinajstić information content (AvgIpc) is 3.42. The first-order valence-electron chi connectivity index (χ1n) is 8.76. The molecule has 0 heterocycles. The minimum Gasteiger partial charge on any atom is -0.325 e. The molecule has 24 heavy (non-hydrogen) atoms. The van der Waals surface area contributed by atoms with E-state index in [0.29, 0.717) is 12.6 Å². The molecule has 3 heteroatoms. The summed E-state index contributed by atoms with van der Waals surface area (Å²) in [6.07, 6.45) is 2.57. The fourth-order valence-electron chi connectivity index (χ4n) is 3.06. The van der Waals surface area contributed by atoms with Gasteiger partial charge in [-0.25, -0.2) is 0 Å². The molecule has 1 fully saturated rings. The molecule has 1 atom stereocenters. The fraction of sp³-hybridized carbons (Fsp3) is 0.381. The number of nitrogens with zero attached hydrogens (tertiary/aromatic N) is 1. The van der Waals surface area contributed by atoms with Gasteiger partial charge in [-0.3, -0.25) is 9.69 Å². The SMILES string of the molecule is Cc1ccc(NC(=O)CN(Cc2ccccc2)C(C)C2CC2)cc1. The second kappa shape index (κ2) is 7.63. The average molecular weight is 322 g/mol. The summed E-state index contributed by atoms with van der Waals surface area (Å²) >= 11 is 0. The molecular weight excluding hydrogens is 296 g/mol. The van der Waals surface area contributed by atoms with Crippen molar-refractivity contribution in [3.8, 4) is 0 Å². The number of amides is 1. The monoisotopic (exact) mass is 322 g/mol. The second-order valence-corrected chi connectivity index (χ2v) is 6.88. The van der Waals surface area contributed by atoms with E-state index < -0.39 is 0 Å². The standard InChI is InChI=1S/C21H26N2O/c1-16-8-12-20(13-9-16)22-21(24)15-23(17(2)19-10-11-19)14-18-6-4-3-5-7-18/h3-9,12-13,17,19H,10-11,14-15H2,1-2H3,(H,22,24). The summed E-state index contributed by atoms with van der Waals surface area (Å²) in [5, 5.41) is 3.02. The van der Waals surface area contributed by atoms with Gasteiger partial charge in [0.2, 0.25) is 5.91 Å². The van der Waals surface area contributed by atoms with Crippen molar-refractivity contribution in [2.24, 2.45) is 5.92 Å². The first-order valence-corrected chi connectivity index (χ1v) is 8.76. The topological polar surface area (TPSA) is 32.3 Å². The molecule has 1 unspecified atom stereocenters. The number of hydrogen-bond donors (Lipinski definition) is 1. The van der Waals surface area contributed by atoms with Crippen molar-refractivity contribution in [3.05, 3.63) is 65.7 Å². The van der Waals surface area contributed by atoms with Crippen LogP contribution in [-0.2, 0) is 11.3 Å². The molecule has 1 aliphatic rings. The lowest BCUT2D eigenvalue weighted by Crippen LogP contribution is -2.40. The molecule has 0 saturated heterocycles. The van der Waals surface area contributed by atoms with Crippen molar-refractivity contribution in [2.75, 3.05) is 11.9 Å². The molecule has 0 spiro atoms. The molecule has 3 nitrogen and oxygen atoms in total. The Morgan fingerprint density at radius 1 is 1.12 bits per heavy atom. The molecule has 1 saturated carbocycles. The summed E-state index contributed by atoms with van der Waals surface area (Å²) in [4.78, 5) is 14.8. The van der Waals surface area contributed by atoms with Crippen molar-refractivity contribution in [1.82, 2.24) is 4.90 Å². The van der Waals surface area contributed by atoms with Crippen LogP contribution in [0.25, 0.3) is 0 Å². The zero-order valence-corrected chi connectivity index (χ0v) is 14.5. The van der Waals surface area contributed by atoms with Crippen LogP contribution in [0.4, 0.5) is 5.69 Å². The molecule has 1 N–H and O–H groups in total. The number of carbonyl (C=O) groups excluding carboxylic acids is 1. The van der Waals surface area contributed by atoms with Gasteiger partial charge in [0.05, 0.1) is 6.54 Å². The van der Waals surface area contributed by atoms with Crippen molar-refractivity contribution in [1.29, 1.82) is 0 Å². The molecule has 2 aromatic carbocycles. The summed E-state index contributed by atoms with van der Waals surface area (Å²) in [6, 6.07) is 18.8. The maximum absolute atomic E-state index is 12.5. The van der Waals surface area contributed by atoms with E-state index in [9.17, 15) is 4.79 Å². The van der Waals surface area contributed by atoms with Gasteiger partial charge in [0, 0.05) is 18.3 Å². The Labute approximate surface area is 144 Å². The van der Waals surface area contributed by atoms with Crippen molar-refractivity contribution >= 4 is 11.6 Å². The summed E-state index contributed by atoms with van der Waals surface area (Å²) in [6.45, 7) is 5.55. The van der Waals surface area contributed by atoms with E-state index in [-0.39, 0.29) is 5.91 Å². The Kier molecular flexibility index (Phi) is 5.31. The largest absolute Gasteiger partial charge is 0.325 e. The second-order valence-electron chi connectivity index (χ2n) is 6.88. The van der Waals surface area contributed by atoms with E-state index in [2.05, 4.69) is 41.4 Å². The van der Waals surface area contributed by atoms with Gasteiger partial charge in [-0.15, -0.1) is 0 Å². The summed E-state index contributed by atoms with van der Waals surface area (Å²) < 4.78 is 0. The van der Waals surface area contributed by atoms with Gasteiger partial charge in [-0.1, -0.05) is 48.0 Å². The van der Waals surface area contributed by atoms with Crippen LogP contribution in [0.1, 0.15) is 30.9 Å². The van der Waals surface area contributed by atoms with Gasteiger partial charge < -0.3 is 5.32 Å². The van der Waals surface area contributed by atoms with E-state index in [1.165, 1.54) is 24.0 Å². The normalized spacial score (nSPS) is 15.3. The van der Waals surface area contributed by atoms with Gasteiger partial charge in [-0.05, 0) is 50.3 Å². The third-order valence-electron chi connectivity index (χ3n) is 4.79. The number of benzene rings is 2. The van der Waals surface area contributed by atoms with Crippen LogP contribution < -0.4 is 5.32 Å². The third-order valence-corrected chi connectivity index (χ3v) is 4.79. The van der Waals surface area contributed by atoms with E-state index in [0.717, 1.165) is 18.2 Å². The maximum atomic E-state index is 12.5. The molecule has 1 aliphatic carbocycles. The Morgan fingerprint density at radius 2 is 1.79 bits per heavy atom. The Bertz CT molecular complexity index is 662. The zero-order valence-electron chi connectivity index (χ0n) is 14.5. The summed E-state index contributed by atoms with van der Waals surface area (Å²) in [5.74, 6) is 0.795. The highest BCUT2D eigenvalue weighted by molar-refractivity contribution is 5.92. The summed E-state index contributed by atoms with van der Waals surface area (Å²) in [5.41, 5.74) is 3.32. The van der Waals surface area contributed by atoms with Gasteiger partial charge in [0.15, 0.2) is 0 Å². The van der Waals surface area contributed by atoms with E-state index in [1.807, 2.05) is 37.3 Å². The predicted octanol–water partition coefficient (Wildman–Crippen LogP) is 4.23. The molecule has 3 rings (SSSR count). The number of aryl methyl sites for hydroxylation is 1. The van der Waals surface area contributed by atoms with Crippen LogP contribution in [-0.4, -0.2) is 23.4 Å².